The van der Waals surface area contributed by atoms with E-state index in [0.717, 1.165) is 21.3 Å². The first kappa shape index (κ1) is 24.4. The number of hydrogen-bond acceptors (Lipinski definition) is 7. The number of amides is 1. The first-order valence-electron chi connectivity index (χ1n) is 10.5. The molecule has 0 fully saturated rings. The predicted molar refractivity (Wildman–Crippen MR) is 141 cm³/mol. The summed E-state index contributed by atoms with van der Waals surface area (Å²) < 4.78 is 2.85. The fraction of sp³-hybridized carbons (Fsp3) is 0.0800. The van der Waals surface area contributed by atoms with Crippen LogP contribution in [0.3, 0.4) is 0 Å². The number of rotatable bonds is 9. The largest absolute Gasteiger partial charge is 0.507 e. The number of phenols is 1. The Morgan fingerprint density at radius 1 is 1.14 bits per heavy atom. The third-order valence-electron chi connectivity index (χ3n) is 4.90. The van der Waals surface area contributed by atoms with Gasteiger partial charge in [0, 0.05) is 33.7 Å². The zero-order valence-corrected chi connectivity index (χ0v) is 20.9. The highest BCUT2D eigenvalue weighted by Crippen LogP contribution is 2.28. The van der Waals surface area contributed by atoms with Crippen LogP contribution in [0, 0.1) is 0 Å². The first-order valence-corrected chi connectivity index (χ1v) is 12.3. The van der Waals surface area contributed by atoms with Crippen molar-refractivity contribution in [2.75, 3.05) is 5.75 Å². The Bertz CT molecular complexity index is 1360. The number of carbonyl (C=O) groups excluding carboxylic acids is 1. The number of allylic oxidation sites excluding steroid dienone is 1. The molecule has 10 heteroatoms. The molecule has 2 heterocycles. The zero-order chi connectivity index (χ0) is 24.6. The molecule has 2 N–H and O–H groups in total. The Kier molecular flexibility index (Phi) is 8.07. The van der Waals surface area contributed by atoms with Crippen molar-refractivity contribution in [3.8, 4) is 22.8 Å². The van der Waals surface area contributed by atoms with Crippen LogP contribution in [0.5, 0.6) is 5.75 Å². The van der Waals surface area contributed by atoms with Gasteiger partial charge in [-0.25, -0.2) is 5.43 Å². The summed E-state index contributed by atoms with van der Waals surface area (Å²) in [5.74, 6) is 0.519. The van der Waals surface area contributed by atoms with E-state index in [1.54, 1.807) is 24.5 Å². The number of halogens is 1. The van der Waals surface area contributed by atoms with Crippen LogP contribution in [0.2, 0.25) is 0 Å². The molecule has 35 heavy (non-hydrogen) atoms. The zero-order valence-electron chi connectivity index (χ0n) is 18.5. The number of nitrogens with one attached hydrogen (secondary N) is 1. The van der Waals surface area contributed by atoms with Gasteiger partial charge in [0.2, 0.25) is 0 Å². The Labute approximate surface area is 215 Å². The second kappa shape index (κ2) is 11.6. The molecule has 0 atom stereocenters. The summed E-state index contributed by atoms with van der Waals surface area (Å²) in [4.78, 5) is 16.5. The van der Waals surface area contributed by atoms with E-state index in [9.17, 15) is 9.90 Å². The Balaban J connectivity index is 1.48. The van der Waals surface area contributed by atoms with E-state index in [4.69, 9.17) is 0 Å². The maximum atomic E-state index is 12.4. The first-order chi connectivity index (χ1) is 17.1. The molecule has 0 spiro atoms. The topological polar surface area (TPSA) is 105 Å². The van der Waals surface area contributed by atoms with Crippen LogP contribution < -0.4 is 5.43 Å². The van der Waals surface area contributed by atoms with Crippen molar-refractivity contribution in [3.05, 3.63) is 95.2 Å². The van der Waals surface area contributed by atoms with Crippen molar-refractivity contribution >= 4 is 39.8 Å². The van der Waals surface area contributed by atoms with Crippen molar-refractivity contribution < 1.29 is 9.90 Å². The number of benzene rings is 2. The normalized spacial score (nSPS) is 11.0. The van der Waals surface area contributed by atoms with Gasteiger partial charge in [-0.15, -0.1) is 16.8 Å². The Hall–Kier alpha value is -3.76. The molecule has 1 amide bonds. The Morgan fingerprint density at radius 2 is 1.91 bits per heavy atom. The van der Waals surface area contributed by atoms with Gasteiger partial charge in [-0.1, -0.05) is 45.9 Å². The quantitative estimate of drug-likeness (QED) is 0.135. The van der Waals surface area contributed by atoms with Crippen LogP contribution in [0.4, 0.5) is 0 Å². The minimum atomic E-state index is -0.316. The summed E-state index contributed by atoms with van der Waals surface area (Å²) in [5.41, 5.74) is 5.46. The molecule has 2 aromatic carbocycles. The van der Waals surface area contributed by atoms with Gasteiger partial charge in [0.1, 0.15) is 5.75 Å². The highest BCUT2D eigenvalue weighted by atomic mass is 79.9. The molecule has 0 radical (unpaired) electrons. The number of nitrogens with zero attached hydrogens (tertiary/aromatic N) is 5. The summed E-state index contributed by atoms with van der Waals surface area (Å²) >= 11 is 4.70. The van der Waals surface area contributed by atoms with Crippen molar-refractivity contribution in [1.29, 1.82) is 0 Å². The average Bonchev–Trinajstić information content (AvgIpc) is 3.30. The summed E-state index contributed by atoms with van der Waals surface area (Å²) in [6, 6.07) is 16.8. The van der Waals surface area contributed by atoms with Crippen molar-refractivity contribution in [2.45, 2.75) is 11.6 Å². The number of hydrogen-bond donors (Lipinski definition) is 2. The van der Waals surface area contributed by atoms with Gasteiger partial charge < -0.3 is 5.11 Å². The average molecular weight is 549 g/mol. The van der Waals surface area contributed by atoms with E-state index in [1.165, 1.54) is 18.0 Å². The van der Waals surface area contributed by atoms with E-state index in [1.807, 2.05) is 53.1 Å². The second-order valence-corrected chi connectivity index (χ2v) is 9.14. The fourth-order valence-corrected chi connectivity index (χ4v) is 4.25. The highest BCUT2D eigenvalue weighted by molar-refractivity contribution is 9.10. The number of thioether (sulfide) groups is 1. The van der Waals surface area contributed by atoms with Gasteiger partial charge in [-0.3, -0.25) is 14.3 Å². The lowest BCUT2D eigenvalue weighted by atomic mass is 10.1. The van der Waals surface area contributed by atoms with E-state index in [-0.39, 0.29) is 17.4 Å². The number of aromatic hydroxyl groups is 1. The van der Waals surface area contributed by atoms with E-state index >= 15 is 0 Å². The molecule has 4 aromatic rings. The van der Waals surface area contributed by atoms with Crippen LogP contribution >= 0.6 is 27.7 Å². The lowest BCUT2D eigenvalue weighted by Gasteiger charge is -2.10. The van der Waals surface area contributed by atoms with Crippen LogP contribution in [0.15, 0.2) is 94.4 Å². The molecule has 0 aliphatic heterocycles. The van der Waals surface area contributed by atoms with Gasteiger partial charge in [0.15, 0.2) is 11.0 Å². The van der Waals surface area contributed by atoms with Gasteiger partial charge in [0.25, 0.3) is 5.91 Å². The summed E-state index contributed by atoms with van der Waals surface area (Å²) in [7, 11) is 0. The van der Waals surface area contributed by atoms with Gasteiger partial charge in [-0.05, 0) is 54.4 Å². The molecule has 0 saturated heterocycles. The summed E-state index contributed by atoms with van der Waals surface area (Å²) in [5, 5.41) is 23.5. The van der Waals surface area contributed by atoms with Crippen molar-refractivity contribution in [3.63, 3.8) is 0 Å². The monoisotopic (exact) mass is 548 g/mol. The predicted octanol–water partition coefficient (Wildman–Crippen LogP) is 4.77. The molecule has 2 aromatic heterocycles. The minimum Gasteiger partial charge on any atom is -0.507 e. The minimum absolute atomic E-state index is 0.0742. The van der Waals surface area contributed by atoms with Gasteiger partial charge in [0.05, 0.1) is 12.0 Å². The molecule has 0 unspecified atom stereocenters. The molecule has 8 nitrogen and oxygen atoms in total. The lowest BCUT2D eigenvalue weighted by molar-refractivity contribution is -0.118. The fourth-order valence-electron chi connectivity index (χ4n) is 3.25. The van der Waals surface area contributed by atoms with Gasteiger partial charge in [-0.2, -0.15) is 5.10 Å². The SMILES string of the molecule is C=CCc1cccc(C=NNC(=O)CSc2nnc(-c3ccncc3)n2-c2ccc(Br)cc2)c1O. The van der Waals surface area contributed by atoms with Crippen LogP contribution in [-0.2, 0) is 11.2 Å². The number of aromatic nitrogens is 4. The Morgan fingerprint density at radius 3 is 2.66 bits per heavy atom. The second-order valence-electron chi connectivity index (χ2n) is 7.28. The smallest absolute Gasteiger partial charge is 0.250 e. The van der Waals surface area contributed by atoms with Gasteiger partial charge >= 0.3 is 0 Å². The molecular weight excluding hydrogens is 528 g/mol. The van der Waals surface area contributed by atoms with E-state index in [2.05, 4.69) is 48.2 Å². The lowest BCUT2D eigenvalue weighted by Crippen LogP contribution is -2.20. The van der Waals surface area contributed by atoms with Crippen LogP contribution in [0.1, 0.15) is 11.1 Å². The molecular formula is C25H21BrN6O2S. The van der Waals surface area contributed by atoms with E-state index < -0.39 is 0 Å². The van der Waals surface area contributed by atoms with E-state index in [0.29, 0.717) is 23.0 Å². The summed E-state index contributed by atoms with van der Waals surface area (Å²) in [6.45, 7) is 3.69. The maximum Gasteiger partial charge on any atom is 0.250 e. The van der Waals surface area contributed by atoms with Crippen LogP contribution in [-0.4, -0.2) is 42.7 Å². The van der Waals surface area contributed by atoms with Crippen molar-refractivity contribution in [2.24, 2.45) is 5.10 Å². The number of pyridine rings is 1. The maximum absolute atomic E-state index is 12.4. The summed E-state index contributed by atoms with van der Waals surface area (Å²) in [6.07, 6.45) is 7.05. The molecule has 0 aliphatic rings. The highest BCUT2D eigenvalue weighted by Gasteiger charge is 2.17. The third kappa shape index (κ3) is 6.03. The number of hydrazone groups is 1. The van der Waals surface area contributed by atoms with Crippen molar-refractivity contribution in [1.82, 2.24) is 25.2 Å². The molecule has 0 saturated carbocycles. The number of carbonyl (C=O) groups is 1. The molecule has 0 aliphatic carbocycles. The number of para-hydroxylation sites is 1. The molecule has 0 bridgehead atoms. The van der Waals surface area contributed by atoms with Crippen LogP contribution in [0.25, 0.3) is 17.1 Å². The molecule has 4 rings (SSSR count). The third-order valence-corrected chi connectivity index (χ3v) is 6.35. The standard InChI is InChI=1S/C25H21BrN6O2S/c1-2-4-17-5-3-6-19(23(17)34)15-28-29-22(33)16-35-25-31-30-24(18-11-13-27-14-12-18)32(25)21-9-7-20(26)8-10-21/h2-3,5-15,34H,1,4,16H2,(H,29,33). The molecule has 176 valence electrons. The number of phenolic OH excluding ortho intramolecular Hbond substituents is 1.